The molecule has 28 heavy (non-hydrogen) atoms. The van der Waals surface area contributed by atoms with Gasteiger partial charge >= 0.3 is 5.97 Å². The van der Waals surface area contributed by atoms with Crippen LogP contribution >= 0.6 is 11.6 Å². The molecule has 1 aliphatic rings. The number of halogens is 1. The summed E-state index contributed by atoms with van der Waals surface area (Å²) in [5.74, 6) is -0.379. The Bertz CT molecular complexity index is 959. The summed E-state index contributed by atoms with van der Waals surface area (Å²) in [6, 6.07) is 25.8. The molecule has 0 spiro atoms. The summed E-state index contributed by atoms with van der Waals surface area (Å²) >= 11 is 6.16. The highest BCUT2D eigenvalue weighted by Gasteiger charge is 2.39. The lowest BCUT2D eigenvalue weighted by atomic mass is 9.97. The SMILES string of the molecule is COC(=O)C1CC(c2ccc(-c3ccccc3)cc2)N(c2cccc(Cl)c2)O1. The molecule has 0 radical (unpaired) electrons. The molecule has 0 aromatic heterocycles. The van der Waals surface area contributed by atoms with Gasteiger partial charge in [-0.3, -0.25) is 4.84 Å². The number of anilines is 1. The minimum atomic E-state index is -0.650. The van der Waals surface area contributed by atoms with Gasteiger partial charge in [-0.1, -0.05) is 72.3 Å². The number of hydroxylamine groups is 1. The van der Waals surface area contributed by atoms with Gasteiger partial charge in [0.15, 0.2) is 6.10 Å². The number of methoxy groups -OCH3 is 1. The molecule has 0 N–H and O–H groups in total. The van der Waals surface area contributed by atoms with Gasteiger partial charge < -0.3 is 4.74 Å². The molecule has 1 heterocycles. The smallest absolute Gasteiger partial charge is 0.337 e. The Morgan fingerprint density at radius 3 is 2.39 bits per heavy atom. The normalized spacial score (nSPS) is 18.9. The van der Waals surface area contributed by atoms with Crippen molar-refractivity contribution >= 4 is 23.3 Å². The van der Waals surface area contributed by atoms with E-state index in [-0.39, 0.29) is 12.0 Å². The Morgan fingerprint density at radius 2 is 1.71 bits per heavy atom. The molecule has 2 unspecified atom stereocenters. The summed E-state index contributed by atoms with van der Waals surface area (Å²) in [6.45, 7) is 0. The van der Waals surface area contributed by atoms with E-state index in [9.17, 15) is 4.79 Å². The first kappa shape index (κ1) is 18.5. The predicted octanol–water partition coefficient (Wildman–Crippen LogP) is 5.43. The van der Waals surface area contributed by atoms with Gasteiger partial charge in [-0.15, -0.1) is 0 Å². The zero-order chi connectivity index (χ0) is 19.5. The van der Waals surface area contributed by atoms with Crippen LogP contribution in [0.15, 0.2) is 78.9 Å². The Balaban J connectivity index is 1.65. The maximum absolute atomic E-state index is 12.1. The number of nitrogens with zero attached hydrogens (tertiary/aromatic N) is 1. The van der Waals surface area contributed by atoms with Gasteiger partial charge in [0.2, 0.25) is 0 Å². The second kappa shape index (κ2) is 8.05. The van der Waals surface area contributed by atoms with Crippen LogP contribution < -0.4 is 5.06 Å². The lowest BCUT2D eigenvalue weighted by molar-refractivity contribution is -0.151. The summed E-state index contributed by atoms with van der Waals surface area (Å²) in [5.41, 5.74) is 4.17. The van der Waals surface area contributed by atoms with Crippen molar-refractivity contribution in [1.29, 1.82) is 0 Å². The van der Waals surface area contributed by atoms with Gasteiger partial charge in [0.1, 0.15) is 0 Å². The van der Waals surface area contributed by atoms with Crippen molar-refractivity contribution in [3.05, 3.63) is 89.4 Å². The summed E-state index contributed by atoms with van der Waals surface area (Å²) < 4.78 is 4.89. The first-order chi connectivity index (χ1) is 13.7. The number of rotatable bonds is 4. The second-order valence-electron chi connectivity index (χ2n) is 6.66. The Morgan fingerprint density at radius 1 is 1.00 bits per heavy atom. The monoisotopic (exact) mass is 393 g/mol. The molecule has 0 aliphatic carbocycles. The molecule has 1 fully saturated rings. The number of carbonyl (C=O) groups excluding carboxylic acids is 1. The third-order valence-corrected chi connectivity index (χ3v) is 5.13. The molecular formula is C23H20ClNO3. The lowest BCUT2D eigenvalue weighted by Crippen LogP contribution is -2.25. The molecule has 2 atom stereocenters. The van der Waals surface area contributed by atoms with Crippen LogP contribution in [0.1, 0.15) is 18.0 Å². The minimum Gasteiger partial charge on any atom is -0.467 e. The average Bonchev–Trinajstić information content (AvgIpc) is 3.19. The Hall–Kier alpha value is -2.82. The van der Waals surface area contributed by atoms with E-state index in [0.717, 1.165) is 22.4 Å². The Labute approximate surface area is 169 Å². The van der Waals surface area contributed by atoms with Crippen LogP contribution in [0.25, 0.3) is 11.1 Å². The summed E-state index contributed by atoms with van der Waals surface area (Å²) in [7, 11) is 1.37. The fourth-order valence-electron chi connectivity index (χ4n) is 3.48. The average molecular weight is 394 g/mol. The molecule has 142 valence electrons. The maximum atomic E-state index is 12.1. The van der Waals surface area contributed by atoms with Crippen LogP contribution in [0, 0.1) is 0 Å². The first-order valence-corrected chi connectivity index (χ1v) is 9.48. The highest BCUT2D eigenvalue weighted by Crippen LogP contribution is 2.39. The van der Waals surface area contributed by atoms with Crippen LogP contribution in [-0.4, -0.2) is 19.2 Å². The first-order valence-electron chi connectivity index (χ1n) is 9.10. The summed E-state index contributed by atoms with van der Waals surface area (Å²) in [6.07, 6.45) is -0.146. The van der Waals surface area contributed by atoms with E-state index in [1.54, 1.807) is 5.06 Å². The van der Waals surface area contributed by atoms with Gasteiger partial charge in [-0.25, -0.2) is 9.86 Å². The topological polar surface area (TPSA) is 38.8 Å². The van der Waals surface area contributed by atoms with Crippen molar-refractivity contribution in [2.75, 3.05) is 12.2 Å². The highest BCUT2D eigenvalue weighted by molar-refractivity contribution is 6.30. The van der Waals surface area contributed by atoms with Crippen LogP contribution in [-0.2, 0) is 14.4 Å². The molecule has 1 saturated heterocycles. The number of esters is 1. The van der Waals surface area contributed by atoms with Crippen LogP contribution in [0.2, 0.25) is 5.02 Å². The van der Waals surface area contributed by atoms with E-state index >= 15 is 0 Å². The molecule has 5 heteroatoms. The number of hydrogen-bond acceptors (Lipinski definition) is 4. The van der Waals surface area contributed by atoms with Crippen molar-refractivity contribution in [2.45, 2.75) is 18.6 Å². The van der Waals surface area contributed by atoms with Crippen molar-refractivity contribution in [3.8, 4) is 11.1 Å². The summed E-state index contributed by atoms with van der Waals surface area (Å²) in [5, 5.41) is 2.37. The number of carbonyl (C=O) groups is 1. The van der Waals surface area contributed by atoms with Gasteiger partial charge in [0.05, 0.1) is 18.8 Å². The van der Waals surface area contributed by atoms with Crippen LogP contribution in [0.4, 0.5) is 5.69 Å². The van der Waals surface area contributed by atoms with E-state index in [1.165, 1.54) is 7.11 Å². The molecule has 1 aliphatic heterocycles. The largest absolute Gasteiger partial charge is 0.467 e. The van der Waals surface area contributed by atoms with E-state index in [4.69, 9.17) is 21.2 Å². The molecule has 4 nitrogen and oxygen atoms in total. The zero-order valence-corrected chi connectivity index (χ0v) is 16.2. The second-order valence-corrected chi connectivity index (χ2v) is 7.10. The molecular weight excluding hydrogens is 374 g/mol. The Kier molecular flexibility index (Phi) is 5.33. The minimum absolute atomic E-state index is 0.118. The van der Waals surface area contributed by atoms with Crippen molar-refractivity contribution in [1.82, 2.24) is 0 Å². The van der Waals surface area contributed by atoms with Gasteiger partial charge in [-0.05, 0) is 34.9 Å². The number of hydrogen-bond donors (Lipinski definition) is 0. The summed E-state index contributed by atoms with van der Waals surface area (Å²) in [4.78, 5) is 18.0. The van der Waals surface area contributed by atoms with Gasteiger partial charge in [0, 0.05) is 11.4 Å². The molecule has 3 aromatic carbocycles. The molecule has 0 bridgehead atoms. The van der Waals surface area contributed by atoms with Crippen LogP contribution in [0.3, 0.4) is 0 Å². The fraction of sp³-hybridized carbons (Fsp3) is 0.174. The van der Waals surface area contributed by atoms with E-state index in [1.807, 2.05) is 42.5 Å². The lowest BCUT2D eigenvalue weighted by Gasteiger charge is -2.25. The predicted molar refractivity (Wildman–Crippen MR) is 110 cm³/mol. The number of ether oxygens (including phenoxy) is 1. The molecule has 3 aromatic rings. The van der Waals surface area contributed by atoms with E-state index < -0.39 is 6.10 Å². The number of benzene rings is 3. The fourth-order valence-corrected chi connectivity index (χ4v) is 3.66. The van der Waals surface area contributed by atoms with Gasteiger partial charge in [0.25, 0.3) is 0 Å². The van der Waals surface area contributed by atoms with Crippen molar-refractivity contribution in [2.24, 2.45) is 0 Å². The zero-order valence-electron chi connectivity index (χ0n) is 15.4. The third-order valence-electron chi connectivity index (χ3n) is 4.89. The highest BCUT2D eigenvalue weighted by atomic mass is 35.5. The van der Waals surface area contributed by atoms with Crippen LogP contribution in [0.5, 0.6) is 0 Å². The molecule has 4 rings (SSSR count). The third kappa shape index (κ3) is 3.75. The van der Waals surface area contributed by atoms with Gasteiger partial charge in [-0.2, -0.15) is 0 Å². The van der Waals surface area contributed by atoms with Crippen molar-refractivity contribution < 1.29 is 14.4 Å². The quantitative estimate of drug-likeness (QED) is 0.554. The molecule has 0 amide bonds. The maximum Gasteiger partial charge on any atom is 0.337 e. The van der Waals surface area contributed by atoms with E-state index in [0.29, 0.717) is 11.4 Å². The molecule has 0 saturated carbocycles. The van der Waals surface area contributed by atoms with E-state index in [2.05, 4.69) is 36.4 Å². The standard InChI is InChI=1S/C23H20ClNO3/c1-27-23(26)22-15-21(25(28-22)20-9-5-8-19(24)14-20)18-12-10-17(11-13-18)16-6-3-2-4-7-16/h2-14,21-22H,15H2,1H3. The van der Waals surface area contributed by atoms with Crippen molar-refractivity contribution in [3.63, 3.8) is 0 Å².